The number of hydrogen-bond donors (Lipinski definition) is 1. The van der Waals surface area contributed by atoms with Crippen LogP contribution in [0.3, 0.4) is 0 Å². The molecule has 1 atom stereocenters. The van der Waals surface area contributed by atoms with Gasteiger partial charge < -0.3 is 4.74 Å². The number of halogens is 2. The molecule has 1 saturated carbocycles. The van der Waals surface area contributed by atoms with Crippen molar-refractivity contribution in [1.82, 2.24) is 9.62 Å². The summed E-state index contributed by atoms with van der Waals surface area (Å²) in [6.45, 7) is 3.18. The van der Waals surface area contributed by atoms with Crippen LogP contribution in [0.1, 0.15) is 53.1 Å². The maximum atomic E-state index is 14.6. The molecule has 1 N–H and O–H groups in total. The van der Waals surface area contributed by atoms with Gasteiger partial charge in [-0.15, -0.1) is 0 Å². The third-order valence-corrected chi connectivity index (χ3v) is 6.57. The molecule has 2 aromatic carbocycles. The molecule has 2 fully saturated rings. The smallest absolute Gasteiger partial charge is 0.265 e. The number of carbonyl (C=O) groups is 1. The van der Waals surface area contributed by atoms with Crippen molar-refractivity contribution in [2.75, 3.05) is 26.0 Å². The number of benzene rings is 2. The lowest BCUT2D eigenvalue weighted by atomic mass is 9.97. The Kier molecular flexibility index (Phi) is 7.20. The van der Waals surface area contributed by atoms with Gasteiger partial charge in [0.2, 0.25) is 0 Å². The lowest BCUT2D eigenvalue weighted by Gasteiger charge is -2.32. The minimum Gasteiger partial charge on any atom is -0.493 e. The number of rotatable bonds is 8. The van der Waals surface area contributed by atoms with Gasteiger partial charge in [-0.2, -0.15) is 0 Å². The van der Waals surface area contributed by atoms with E-state index >= 15 is 0 Å². The predicted octanol–water partition coefficient (Wildman–Crippen LogP) is 4.16. The Hall–Kier alpha value is -2.32. The van der Waals surface area contributed by atoms with Crippen LogP contribution >= 0.6 is 0 Å². The number of ether oxygens (including phenoxy) is 1. The molecule has 0 aromatic heterocycles. The normalized spacial score (nSPS) is 18.3. The molecule has 2 aromatic rings. The molecule has 1 saturated heterocycles. The summed E-state index contributed by atoms with van der Waals surface area (Å²) in [6.07, 6.45) is 5.27. The molecule has 1 heterocycles. The first-order chi connectivity index (χ1) is 15.4. The van der Waals surface area contributed by atoms with Gasteiger partial charge in [-0.25, -0.2) is 13.0 Å². The fourth-order valence-electron chi connectivity index (χ4n) is 4.14. The zero-order valence-corrected chi connectivity index (χ0v) is 18.9. The molecule has 1 unspecified atom stereocenters. The van der Waals surface area contributed by atoms with Crippen LogP contribution in [0, 0.1) is 17.6 Å². The third kappa shape index (κ3) is 5.92. The van der Waals surface area contributed by atoms with E-state index < -0.39 is 22.7 Å². The van der Waals surface area contributed by atoms with Crippen molar-refractivity contribution in [1.29, 1.82) is 0 Å². The van der Waals surface area contributed by atoms with Crippen LogP contribution in [-0.2, 0) is 17.5 Å². The zero-order chi connectivity index (χ0) is 22.7. The minimum absolute atomic E-state index is 0.0939. The van der Waals surface area contributed by atoms with Gasteiger partial charge in [0, 0.05) is 18.9 Å². The second-order valence-corrected chi connectivity index (χ2v) is 9.80. The van der Waals surface area contributed by atoms with Crippen LogP contribution in [0.2, 0.25) is 0 Å². The highest BCUT2D eigenvalue weighted by Crippen LogP contribution is 2.45. The maximum Gasteiger partial charge on any atom is 0.265 e. The molecule has 172 valence electrons. The molecule has 8 heteroatoms. The highest BCUT2D eigenvalue weighted by molar-refractivity contribution is 7.82. The van der Waals surface area contributed by atoms with Gasteiger partial charge in [-0.1, -0.05) is 12.1 Å². The van der Waals surface area contributed by atoms with Crippen LogP contribution in [-0.4, -0.2) is 41.0 Å². The zero-order valence-electron chi connectivity index (χ0n) is 18.1. The summed E-state index contributed by atoms with van der Waals surface area (Å²) in [6, 6.07) is 9.47. The van der Waals surface area contributed by atoms with Gasteiger partial charge in [-0.05, 0) is 79.9 Å². The second kappa shape index (κ2) is 10.1. The van der Waals surface area contributed by atoms with Crippen LogP contribution in [0.5, 0.6) is 5.75 Å². The first kappa shape index (κ1) is 22.9. The van der Waals surface area contributed by atoms with Crippen LogP contribution in [0.15, 0.2) is 36.4 Å². The maximum absolute atomic E-state index is 14.6. The number of hydrogen-bond acceptors (Lipinski definition) is 4. The summed E-state index contributed by atoms with van der Waals surface area (Å²) < 4.78 is 47.2. The van der Waals surface area contributed by atoms with Crippen LogP contribution in [0.4, 0.5) is 8.78 Å². The molecule has 4 rings (SSSR count). The molecule has 0 bridgehead atoms. The lowest BCUT2D eigenvalue weighted by molar-refractivity contribution is 0.0979. The quantitative estimate of drug-likeness (QED) is 0.640. The van der Waals surface area contributed by atoms with Crippen molar-refractivity contribution in [3.8, 4) is 5.75 Å². The molecular weight excluding hydrogens is 434 g/mol. The second-order valence-electron chi connectivity index (χ2n) is 8.69. The summed E-state index contributed by atoms with van der Waals surface area (Å²) in [7, 11) is -1.55. The summed E-state index contributed by atoms with van der Waals surface area (Å²) in [4.78, 5) is 14.5. The van der Waals surface area contributed by atoms with E-state index in [1.54, 1.807) is 6.07 Å². The SMILES string of the molecule is CS(=O)NC(=O)c1cc(C2CC2)c(OCC2CCN(Cc3ccc(F)cc3)CC2)cc1F. The topological polar surface area (TPSA) is 58.6 Å². The standard InChI is InChI=1S/C24H28F2N2O3S/c1-32(30)27-24(29)21-12-20(18-4-5-18)23(13-22(21)26)31-15-17-8-10-28(11-9-17)14-16-2-6-19(25)7-3-16/h2-3,6-7,12-13,17-18H,4-5,8-11,14-15H2,1H3,(H,27,29). The van der Waals surface area contributed by atoms with Gasteiger partial charge in [0.25, 0.3) is 5.91 Å². The number of likely N-dealkylation sites (tertiary alicyclic amines) is 1. The first-order valence-corrected chi connectivity index (χ1v) is 12.5. The number of amides is 1. The molecule has 1 aliphatic heterocycles. The van der Waals surface area contributed by atoms with Gasteiger partial charge in [0.1, 0.15) is 28.4 Å². The molecular formula is C24H28F2N2O3S. The van der Waals surface area contributed by atoms with Gasteiger partial charge in [0.15, 0.2) is 0 Å². The summed E-state index contributed by atoms with van der Waals surface area (Å²) in [5, 5.41) is 0. The number of nitrogens with zero attached hydrogens (tertiary/aromatic N) is 1. The Bertz CT molecular complexity index is 987. The van der Waals surface area contributed by atoms with E-state index in [0.717, 1.165) is 56.4 Å². The van der Waals surface area contributed by atoms with E-state index in [1.807, 2.05) is 12.1 Å². The molecule has 1 amide bonds. The summed E-state index contributed by atoms with van der Waals surface area (Å²) in [5.74, 6) is -0.401. The van der Waals surface area contributed by atoms with Crippen molar-refractivity contribution >= 4 is 16.9 Å². The van der Waals surface area contributed by atoms with Crippen molar-refractivity contribution < 1.29 is 22.5 Å². The number of carbonyl (C=O) groups excluding carboxylic acids is 1. The van der Waals surface area contributed by atoms with E-state index in [0.29, 0.717) is 18.3 Å². The monoisotopic (exact) mass is 462 g/mol. The van der Waals surface area contributed by atoms with E-state index in [1.165, 1.54) is 24.5 Å². The van der Waals surface area contributed by atoms with Crippen LogP contribution in [0.25, 0.3) is 0 Å². The van der Waals surface area contributed by atoms with Gasteiger partial charge >= 0.3 is 0 Å². The lowest BCUT2D eigenvalue weighted by Crippen LogP contribution is -2.35. The molecule has 2 aliphatic rings. The largest absolute Gasteiger partial charge is 0.493 e. The van der Waals surface area contributed by atoms with Crippen molar-refractivity contribution in [2.45, 2.75) is 38.1 Å². The van der Waals surface area contributed by atoms with Gasteiger partial charge in [-0.3, -0.25) is 14.4 Å². The number of nitrogens with one attached hydrogen (secondary N) is 1. The Labute approximate surface area is 189 Å². The van der Waals surface area contributed by atoms with E-state index in [-0.39, 0.29) is 17.3 Å². The summed E-state index contributed by atoms with van der Waals surface area (Å²) in [5.41, 5.74) is 1.86. The average molecular weight is 463 g/mol. The Morgan fingerprint density at radius 2 is 1.81 bits per heavy atom. The van der Waals surface area contributed by atoms with Crippen molar-refractivity contribution in [3.05, 3.63) is 64.7 Å². The fraction of sp³-hybridized carbons (Fsp3) is 0.458. The molecule has 32 heavy (non-hydrogen) atoms. The first-order valence-electron chi connectivity index (χ1n) is 11.0. The molecule has 1 aliphatic carbocycles. The number of piperidine rings is 1. The van der Waals surface area contributed by atoms with E-state index in [9.17, 15) is 17.8 Å². The van der Waals surface area contributed by atoms with Gasteiger partial charge in [0.05, 0.1) is 12.2 Å². The van der Waals surface area contributed by atoms with Crippen molar-refractivity contribution in [3.63, 3.8) is 0 Å². The Morgan fingerprint density at radius 1 is 1.12 bits per heavy atom. The predicted molar refractivity (Wildman–Crippen MR) is 120 cm³/mol. The van der Waals surface area contributed by atoms with E-state index in [4.69, 9.17) is 4.74 Å². The Morgan fingerprint density at radius 3 is 2.44 bits per heavy atom. The molecule has 0 spiro atoms. The average Bonchev–Trinajstić information content (AvgIpc) is 3.59. The fourth-order valence-corrected chi connectivity index (χ4v) is 4.51. The van der Waals surface area contributed by atoms with Crippen LogP contribution < -0.4 is 9.46 Å². The Balaban J connectivity index is 1.33. The van der Waals surface area contributed by atoms with E-state index in [2.05, 4.69) is 9.62 Å². The molecule has 0 radical (unpaired) electrons. The summed E-state index contributed by atoms with van der Waals surface area (Å²) >= 11 is 0. The highest BCUT2D eigenvalue weighted by Gasteiger charge is 2.30. The molecule has 5 nitrogen and oxygen atoms in total. The highest BCUT2D eigenvalue weighted by atomic mass is 32.2. The van der Waals surface area contributed by atoms with Crippen molar-refractivity contribution in [2.24, 2.45) is 5.92 Å². The minimum atomic E-state index is -1.55. The third-order valence-electron chi connectivity index (χ3n) is 6.10.